The van der Waals surface area contributed by atoms with Gasteiger partial charge in [-0.1, -0.05) is 12.1 Å². The van der Waals surface area contributed by atoms with Crippen LogP contribution in [0.3, 0.4) is 0 Å². The largest absolute Gasteiger partial charge is 0.435 e. The van der Waals surface area contributed by atoms with Crippen LogP contribution in [-0.4, -0.2) is 37.3 Å². The molecule has 0 radical (unpaired) electrons. The van der Waals surface area contributed by atoms with Gasteiger partial charge in [-0.3, -0.25) is 4.79 Å². The van der Waals surface area contributed by atoms with Gasteiger partial charge in [-0.25, -0.2) is 4.68 Å². The van der Waals surface area contributed by atoms with Gasteiger partial charge in [0.25, 0.3) is 0 Å². The zero-order valence-electron chi connectivity index (χ0n) is 14.5. The van der Waals surface area contributed by atoms with Crippen LogP contribution in [0.1, 0.15) is 34.5 Å². The van der Waals surface area contributed by atoms with Gasteiger partial charge in [0.1, 0.15) is 5.75 Å². The molecular weight excluding hydrogens is 344 g/mol. The summed E-state index contributed by atoms with van der Waals surface area (Å²) in [6, 6.07) is 7.76. The molecule has 0 aliphatic rings. The molecule has 0 spiro atoms. The van der Waals surface area contributed by atoms with E-state index in [0.29, 0.717) is 23.5 Å². The van der Waals surface area contributed by atoms with Crippen LogP contribution >= 0.6 is 0 Å². The van der Waals surface area contributed by atoms with E-state index in [2.05, 4.69) is 20.1 Å². The number of ether oxygens (including phenoxy) is 1. The van der Waals surface area contributed by atoms with Gasteiger partial charge in [0.05, 0.1) is 17.1 Å². The van der Waals surface area contributed by atoms with E-state index in [4.69, 9.17) is 0 Å². The first-order valence-corrected chi connectivity index (χ1v) is 7.98. The molecule has 26 heavy (non-hydrogen) atoms. The van der Waals surface area contributed by atoms with E-state index in [-0.39, 0.29) is 17.4 Å². The number of carbonyl (C=O) groups excluding carboxylic acids is 1. The number of aromatic nitrogens is 5. The lowest BCUT2D eigenvalue weighted by Crippen LogP contribution is -2.18. The maximum absolute atomic E-state index is 12.8. The van der Waals surface area contributed by atoms with Gasteiger partial charge in [-0.2, -0.15) is 18.6 Å². The Morgan fingerprint density at radius 3 is 2.46 bits per heavy atom. The summed E-state index contributed by atoms with van der Waals surface area (Å²) in [6.45, 7) is 2.58. The van der Waals surface area contributed by atoms with Crippen molar-refractivity contribution in [3.05, 3.63) is 53.1 Å². The van der Waals surface area contributed by atoms with Crippen molar-refractivity contribution in [1.29, 1.82) is 0 Å². The quantitative estimate of drug-likeness (QED) is 0.698. The second-order valence-corrected chi connectivity index (χ2v) is 5.67. The summed E-state index contributed by atoms with van der Waals surface area (Å²) < 4.78 is 31.6. The van der Waals surface area contributed by atoms with Crippen molar-refractivity contribution in [2.45, 2.75) is 33.8 Å². The van der Waals surface area contributed by atoms with Crippen LogP contribution in [0, 0.1) is 13.8 Å². The average Bonchev–Trinajstić information content (AvgIpc) is 3.17. The minimum Gasteiger partial charge on any atom is -0.435 e. The molecule has 0 saturated heterocycles. The maximum Gasteiger partial charge on any atom is 0.387 e. The molecule has 0 aliphatic heterocycles. The van der Waals surface area contributed by atoms with E-state index in [9.17, 15) is 13.6 Å². The molecular formula is C17H17F2N5O2. The number of carbonyl (C=O) groups is 1. The predicted molar refractivity (Wildman–Crippen MR) is 88.8 cm³/mol. The highest BCUT2D eigenvalue weighted by Gasteiger charge is 2.22. The highest BCUT2D eigenvalue weighted by Crippen LogP contribution is 2.20. The fourth-order valence-electron chi connectivity index (χ4n) is 2.70. The Hall–Kier alpha value is -3.10. The minimum absolute atomic E-state index is 0.0425. The molecule has 2 heterocycles. The van der Waals surface area contributed by atoms with E-state index in [0.717, 1.165) is 5.69 Å². The highest BCUT2D eigenvalue weighted by atomic mass is 19.3. The molecule has 0 atom stereocenters. The first-order valence-electron chi connectivity index (χ1n) is 7.98. The third kappa shape index (κ3) is 3.32. The van der Waals surface area contributed by atoms with Crippen molar-refractivity contribution >= 4 is 5.91 Å². The lowest BCUT2D eigenvalue weighted by atomic mass is 10.2. The Morgan fingerprint density at radius 1 is 1.23 bits per heavy atom. The molecule has 2 aromatic heterocycles. The smallest absolute Gasteiger partial charge is 0.387 e. The minimum atomic E-state index is -2.89. The number of aryl methyl sites for hydroxylation is 2. The maximum atomic E-state index is 12.8. The standard InChI is InChI=1S/C17H17F2N5O2/c1-4-14-15(16(25)23-11(3)9-10(2)21-23)20-22-24(14)12-5-7-13(8-6-12)26-17(18)19/h5-9,17H,4H2,1-3H3. The third-order valence-electron chi connectivity index (χ3n) is 3.81. The number of rotatable bonds is 5. The molecule has 0 bridgehead atoms. The second-order valence-electron chi connectivity index (χ2n) is 5.67. The van der Waals surface area contributed by atoms with Crippen LogP contribution in [0.25, 0.3) is 5.69 Å². The number of halogens is 2. The number of hydrogen-bond acceptors (Lipinski definition) is 5. The zero-order chi connectivity index (χ0) is 18.8. The summed E-state index contributed by atoms with van der Waals surface area (Å²) in [4.78, 5) is 12.8. The summed E-state index contributed by atoms with van der Waals surface area (Å²) >= 11 is 0. The molecule has 136 valence electrons. The lowest BCUT2D eigenvalue weighted by Gasteiger charge is -2.08. The van der Waals surface area contributed by atoms with Gasteiger partial charge >= 0.3 is 12.5 Å². The molecule has 1 aromatic carbocycles. The third-order valence-corrected chi connectivity index (χ3v) is 3.81. The fraction of sp³-hybridized carbons (Fsp3) is 0.294. The molecule has 0 N–H and O–H groups in total. The van der Waals surface area contributed by atoms with Gasteiger partial charge in [0.15, 0.2) is 5.69 Å². The van der Waals surface area contributed by atoms with Crippen molar-refractivity contribution in [3.8, 4) is 11.4 Å². The lowest BCUT2D eigenvalue weighted by molar-refractivity contribution is -0.0498. The predicted octanol–water partition coefficient (Wildman–Crippen LogP) is 2.93. The summed E-state index contributed by atoms with van der Waals surface area (Å²) in [5.74, 6) is -0.322. The van der Waals surface area contributed by atoms with Crippen LogP contribution in [0.15, 0.2) is 30.3 Å². The van der Waals surface area contributed by atoms with Gasteiger partial charge in [0.2, 0.25) is 0 Å². The van der Waals surface area contributed by atoms with Gasteiger partial charge in [0, 0.05) is 5.69 Å². The number of hydrogen-bond donors (Lipinski definition) is 0. The van der Waals surface area contributed by atoms with Crippen LogP contribution in [-0.2, 0) is 6.42 Å². The zero-order valence-corrected chi connectivity index (χ0v) is 14.5. The highest BCUT2D eigenvalue weighted by molar-refractivity contribution is 5.95. The molecule has 0 saturated carbocycles. The Kier molecular flexibility index (Phi) is 4.79. The van der Waals surface area contributed by atoms with Crippen molar-refractivity contribution < 1.29 is 18.3 Å². The van der Waals surface area contributed by atoms with Crippen LogP contribution in [0.4, 0.5) is 8.78 Å². The van der Waals surface area contributed by atoms with Gasteiger partial charge in [-0.15, -0.1) is 5.10 Å². The van der Waals surface area contributed by atoms with E-state index < -0.39 is 6.61 Å². The van der Waals surface area contributed by atoms with E-state index in [1.807, 2.05) is 6.92 Å². The Bertz CT molecular complexity index is 931. The van der Waals surface area contributed by atoms with Crippen LogP contribution in [0.2, 0.25) is 0 Å². The molecule has 0 unspecified atom stereocenters. The Morgan fingerprint density at radius 2 is 1.92 bits per heavy atom. The first-order chi connectivity index (χ1) is 12.4. The Balaban J connectivity index is 1.96. The monoisotopic (exact) mass is 361 g/mol. The van der Waals surface area contributed by atoms with Crippen LogP contribution < -0.4 is 4.74 Å². The number of nitrogens with zero attached hydrogens (tertiary/aromatic N) is 5. The van der Waals surface area contributed by atoms with E-state index in [1.54, 1.807) is 32.0 Å². The van der Waals surface area contributed by atoms with E-state index in [1.165, 1.54) is 21.5 Å². The number of benzene rings is 1. The Labute approximate surface area is 148 Å². The summed E-state index contributed by atoms with van der Waals surface area (Å²) in [5, 5.41) is 12.2. The second kappa shape index (κ2) is 7.03. The molecule has 7 nitrogen and oxygen atoms in total. The molecule has 0 aliphatic carbocycles. The van der Waals surface area contributed by atoms with Gasteiger partial charge < -0.3 is 4.74 Å². The first kappa shape index (κ1) is 17.7. The fourth-order valence-corrected chi connectivity index (χ4v) is 2.70. The number of alkyl halides is 2. The van der Waals surface area contributed by atoms with Crippen molar-refractivity contribution in [2.24, 2.45) is 0 Å². The molecule has 0 amide bonds. The van der Waals surface area contributed by atoms with E-state index >= 15 is 0 Å². The summed E-state index contributed by atoms with van der Waals surface area (Å²) in [6.07, 6.45) is 0.503. The average molecular weight is 361 g/mol. The SMILES string of the molecule is CCc1c(C(=O)n2nc(C)cc2C)nnn1-c1ccc(OC(F)F)cc1. The molecule has 0 fully saturated rings. The molecule has 3 rings (SSSR count). The van der Waals surface area contributed by atoms with Crippen molar-refractivity contribution in [2.75, 3.05) is 0 Å². The molecule has 9 heteroatoms. The molecule has 3 aromatic rings. The summed E-state index contributed by atoms with van der Waals surface area (Å²) in [5.41, 5.74) is 2.83. The topological polar surface area (TPSA) is 74.8 Å². The van der Waals surface area contributed by atoms with Gasteiger partial charge in [-0.05, 0) is 50.6 Å². The summed E-state index contributed by atoms with van der Waals surface area (Å²) in [7, 11) is 0. The van der Waals surface area contributed by atoms with Crippen LogP contribution in [0.5, 0.6) is 5.75 Å². The normalized spacial score (nSPS) is 11.2. The van der Waals surface area contributed by atoms with Crippen molar-refractivity contribution in [3.63, 3.8) is 0 Å². The van der Waals surface area contributed by atoms with Crippen molar-refractivity contribution in [1.82, 2.24) is 24.8 Å².